The van der Waals surface area contributed by atoms with Gasteiger partial charge in [0.05, 0.1) is 11.6 Å². The Morgan fingerprint density at radius 1 is 1.28 bits per heavy atom. The Bertz CT molecular complexity index is 372. The van der Waals surface area contributed by atoms with E-state index in [1.165, 1.54) is 0 Å². The molecule has 0 fully saturated rings. The van der Waals surface area contributed by atoms with Gasteiger partial charge in [0.2, 0.25) is 0 Å². The molecule has 18 heavy (non-hydrogen) atoms. The monoisotopic (exact) mass is 291 g/mol. The average molecular weight is 292 g/mol. The van der Waals surface area contributed by atoms with Gasteiger partial charge in [-0.05, 0) is 12.1 Å². The summed E-state index contributed by atoms with van der Waals surface area (Å²) in [6.07, 6.45) is -0.103. The molecule has 1 aromatic rings. The molecule has 0 aromatic heterocycles. The third-order valence-corrected chi connectivity index (χ3v) is 2.84. The van der Waals surface area contributed by atoms with Gasteiger partial charge in [0, 0.05) is 30.8 Å². The van der Waals surface area contributed by atoms with Crippen LogP contribution >= 0.6 is 23.2 Å². The summed E-state index contributed by atoms with van der Waals surface area (Å²) in [5, 5.41) is 4.45. The van der Waals surface area contributed by atoms with Crippen molar-refractivity contribution in [1.82, 2.24) is 5.32 Å². The summed E-state index contributed by atoms with van der Waals surface area (Å²) in [6, 6.07) is 5.55. The lowest BCUT2D eigenvalue weighted by atomic mass is 10.3. The molecule has 0 heterocycles. The zero-order chi connectivity index (χ0) is 13.5. The molecule has 0 aliphatic heterocycles. The highest BCUT2D eigenvalue weighted by Crippen LogP contribution is 2.28. The van der Waals surface area contributed by atoms with E-state index in [1.807, 2.05) is 0 Å². The minimum Gasteiger partial charge on any atom is -0.485 e. The van der Waals surface area contributed by atoms with Gasteiger partial charge >= 0.3 is 0 Å². The van der Waals surface area contributed by atoms with Gasteiger partial charge in [-0.15, -0.1) is 0 Å². The summed E-state index contributed by atoms with van der Waals surface area (Å²) < 4.78 is 11.0. The van der Waals surface area contributed by atoms with E-state index in [0.29, 0.717) is 35.0 Å². The van der Waals surface area contributed by atoms with Gasteiger partial charge in [-0.3, -0.25) is 0 Å². The molecule has 0 aliphatic rings. The van der Waals surface area contributed by atoms with Gasteiger partial charge in [-0.2, -0.15) is 0 Å². The third-order valence-electron chi connectivity index (χ3n) is 2.29. The van der Waals surface area contributed by atoms with E-state index in [9.17, 15) is 0 Å². The van der Waals surface area contributed by atoms with Crippen molar-refractivity contribution in [2.24, 2.45) is 0 Å². The lowest BCUT2D eigenvalue weighted by Crippen LogP contribution is -2.38. The van der Waals surface area contributed by atoms with Crippen LogP contribution in [0.3, 0.4) is 0 Å². The maximum atomic E-state index is 6.06. The summed E-state index contributed by atoms with van der Waals surface area (Å²) >= 11 is 12.0. The first-order chi connectivity index (χ1) is 8.52. The van der Waals surface area contributed by atoms with Crippen LogP contribution in [0.15, 0.2) is 18.2 Å². The molecule has 0 aliphatic carbocycles. The first-order valence-electron chi connectivity index (χ1n) is 5.87. The van der Waals surface area contributed by atoms with Crippen molar-refractivity contribution < 1.29 is 9.47 Å². The van der Waals surface area contributed by atoms with Crippen molar-refractivity contribution in [3.05, 3.63) is 28.2 Å². The molecule has 0 amide bonds. The number of hydrogen-bond acceptors (Lipinski definition) is 3. The molecule has 3 nitrogen and oxygen atoms in total. The smallest absolute Gasteiger partial charge is 0.139 e. The van der Waals surface area contributed by atoms with Gasteiger partial charge in [-0.25, -0.2) is 0 Å². The van der Waals surface area contributed by atoms with Crippen molar-refractivity contribution in [3.8, 4) is 5.75 Å². The van der Waals surface area contributed by atoms with Crippen molar-refractivity contribution in [2.45, 2.75) is 26.0 Å². The van der Waals surface area contributed by atoms with Gasteiger partial charge in [-0.1, -0.05) is 37.0 Å². The quantitative estimate of drug-likeness (QED) is 0.835. The van der Waals surface area contributed by atoms with Crippen LogP contribution in [0.5, 0.6) is 5.75 Å². The van der Waals surface area contributed by atoms with Crippen molar-refractivity contribution in [1.29, 1.82) is 0 Å². The molecule has 0 radical (unpaired) electrons. The highest BCUT2D eigenvalue weighted by Gasteiger charge is 2.13. The molecule has 1 aromatic carbocycles. The maximum Gasteiger partial charge on any atom is 0.139 e. The van der Waals surface area contributed by atoms with Crippen molar-refractivity contribution in [2.75, 3.05) is 20.3 Å². The van der Waals surface area contributed by atoms with Crippen LogP contribution in [0.1, 0.15) is 13.8 Å². The third kappa shape index (κ3) is 5.44. The maximum absolute atomic E-state index is 6.06. The minimum absolute atomic E-state index is 0.103. The Morgan fingerprint density at radius 3 is 2.61 bits per heavy atom. The van der Waals surface area contributed by atoms with E-state index in [4.69, 9.17) is 32.7 Å². The normalized spacial score (nSPS) is 12.8. The molecular weight excluding hydrogens is 273 g/mol. The fourth-order valence-electron chi connectivity index (χ4n) is 1.43. The van der Waals surface area contributed by atoms with Crippen molar-refractivity contribution in [3.63, 3.8) is 0 Å². The van der Waals surface area contributed by atoms with Crippen LogP contribution < -0.4 is 10.1 Å². The number of nitrogens with one attached hydrogen (secondary N) is 1. The molecule has 5 heteroatoms. The largest absolute Gasteiger partial charge is 0.485 e. The van der Waals surface area contributed by atoms with Crippen LogP contribution in [-0.4, -0.2) is 32.4 Å². The van der Waals surface area contributed by atoms with Gasteiger partial charge in [0.1, 0.15) is 11.9 Å². The summed E-state index contributed by atoms with van der Waals surface area (Å²) in [7, 11) is 1.64. The zero-order valence-electron chi connectivity index (χ0n) is 10.9. The molecular formula is C13H19Cl2NO2. The highest BCUT2D eigenvalue weighted by atomic mass is 35.5. The topological polar surface area (TPSA) is 30.5 Å². The predicted octanol–water partition coefficient (Wildman–Crippen LogP) is 3.39. The molecule has 0 bridgehead atoms. The average Bonchev–Trinajstić information content (AvgIpc) is 2.31. The van der Waals surface area contributed by atoms with Crippen molar-refractivity contribution >= 4 is 23.2 Å². The van der Waals surface area contributed by atoms with Gasteiger partial charge in [0.25, 0.3) is 0 Å². The Hall–Kier alpha value is -0.480. The first-order valence-corrected chi connectivity index (χ1v) is 6.62. The Labute approximate surface area is 118 Å². The molecule has 1 rings (SSSR count). The number of methoxy groups -OCH3 is 1. The molecule has 0 spiro atoms. The second kappa shape index (κ2) is 7.85. The number of rotatable bonds is 7. The molecule has 1 atom stereocenters. The zero-order valence-corrected chi connectivity index (χ0v) is 12.4. The Balaban J connectivity index is 2.66. The second-order valence-electron chi connectivity index (χ2n) is 4.33. The minimum atomic E-state index is -0.103. The number of halogens is 2. The molecule has 1 unspecified atom stereocenters. The fourth-order valence-corrected chi connectivity index (χ4v) is 1.76. The molecule has 0 saturated carbocycles. The molecule has 102 valence electrons. The van der Waals surface area contributed by atoms with Crippen LogP contribution in [0.2, 0.25) is 10.0 Å². The van der Waals surface area contributed by atoms with E-state index in [2.05, 4.69) is 19.2 Å². The number of benzene rings is 1. The Morgan fingerprint density at radius 2 is 2.00 bits per heavy atom. The predicted molar refractivity (Wildman–Crippen MR) is 75.9 cm³/mol. The summed E-state index contributed by atoms with van der Waals surface area (Å²) in [4.78, 5) is 0. The van der Waals surface area contributed by atoms with E-state index in [-0.39, 0.29) is 6.10 Å². The molecule has 1 N–H and O–H groups in total. The highest BCUT2D eigenvalue weighted by molar-refractivity contribution is 6.34. The summed E-state index contributed by atoms with van der Waals surface area (Å²) in [5.74, 6) is 0.580. The van der Waals surface area contributed by atoms with Gasteiger partial charge in [0.15, 0.2) is 0 Å². The first kappa shape index (κ1) is 15.6. The second-order valence-corrected chi connectivity index (χ2v) is 5.18. The Kier molecular flexibility index (Phi) is 6.79. The molecule has 0 saturated heterocycles. The fraction of sp³-hybridized carbons (Fsp3) is 0.538. The van der Waals surface area contributed by atoms with Crippen LogP contribution in [0.25, 0.3) is 0 Å². The summed E-state index contributed by atoms with van der Waals surface area (Å²) in [6.45, 7) is 5.34. The summed E-state index contributed by atoms with van der Waals surface area (Å²) in [5.41, 5.74) is 0. The van der Waals surface area contributed by atoms with Crippen LogP contribution in [0, 0.1) is 0 Å². The lowest BCUT2D eigenvalue weighted by Gasteiger charge is -2.21. The van der Waals surface area contributed by atoms with Crippen LogP contribution in [0.4, 0.5) is 0 Å². The lowest BCUT2D eigenvalue weighted by molar-refractivity contribution is 0.0795. The standard InChI is InChI=1S/C13H19Cl2NO2/c1-9(2)16-7-11(8-17-3)18-13-6-10(14)4-5-12(13)15/h4-6,9,11,16H,7-8H2,1-3H3. The van der Waals surface area contributed by atoms with Gasteiger partial charge < -0.3 is 14.8 Å². The van der Waals surface area contributed by atoms with E-state index >= 15 is 0 Å². The van der Waals surface area contributed by atoms with Crippen LogP contribution in [-0.2, 0) is 4.74 Å². The van der Waals surface area contributed by atoms with E-state index < -0.39 is 0 Å². The van der Waals surface area contributed by atoms with E-state index in [1.54, 1.807) is 25.3 Å². The number of ether oxygens (including phenoxy) is 2. The number of hydrogen-bond donors (Lipinski definition) is 1. The SMILES string of the molecule is COCC(CNC(C)C)Oc1cc(Cl)ccc1Cl. The van der Waals surface area contributed by atoms with E-state index in [0.717, 1.165) is 0 Å².